The van der Waals surface area contributed by atoms with Gasteiger partial charge in [-0.05, 0) is 0 Å². The first-order valence-corrected chi connectivity index (χ1v) is 18.4. The maximum absolute atomic E-state index is 13.3. The summed E-state index contributed by atoms with van der Waals surface area (Å²) in [6.07, 6.45) is 7.15. The van der Waals surface area contributed by atoms with Crippen LogP contribution in [0.1, 0.15) is 77.7 Å². The fraction of sp³-hybridized carbons (Fsp3) is 0.625. The Hall–Kier alpha value is -1.17. The molecule has 0 fully saturated rings. The third-order valence-electron chi connectivity index (χ3n) is 5.66. The molecule has 162 valence electrons. The molecule has 4 nitrogen and oxygen atoms in total. The summed E-state index contributed by atoms with van der Waals surface area (Å²) in [7, 11) is 0. The van der Waals surface area contributed by atoms with Crippen molar-refractivity contribution in [1.29, 1.82) is 0 Å². The molecule has 0 aliphatic rings. The SMILES string of the molecule is CCC[CH2][Sn]([CH2]CCC)([CH2]CCC)[O]C(=O)C(C(C)=O)C(C=O)c1ccccc1. The van der Waals surface area contributed by atoms with Crippen molar-refractivity contribution >= 4 is 36.8 Å². The van der Waals surface area contributed by atoms with Gasteiger partial charge in [-0.2, -0.15) is 0 Å². The minimum atomic E-state index is -3.21. The van der Waals surface area contributed by atoms with E-state index in [0.717, 1.165) is 58.1 Å². The normalized spacial score (nSPS) is 13.5. The van der Waals surface area contributed by atoms with Crippen LogP contribution in [0.2, 0.25) is 13.3 Å². The van der Waals surface area contributed by atoms with Crippen molar-refractivity contribution in [3.05, 3.63) is 35.9 Å². The van der Waals surface area contributed by atoms with E-state index in [1.54, 1.807) is 12.1 Å². The standard InChI is InChI=1S/C12H12O4.3C4H9.Sn/c1-8(14)11(12(15)16)10(7-13)9-5-3-2-4-6-9;3*1-3-4-2;/h2-7,10-11H,1H3,(H,15,16);3*1,3-4H2,2H3;/q;;;;+1/p-1. The number of benzene rings is 1. The van der Waals surface area contributed by atoms with Crippen LogP contribution in [-0.2, 0) is 17.5 Å². The number of unbranched alkanes of at least 4 members (excludes halogenated alkanes) is 3. The van der Waals surface area contributed by atoms with Crippen LogP contribution >= 0.6 is 0 Å². The Morgan fingerprint density at radius 2 is 1.41 bits per heavy atom. The van der Waals surface area contributed by atoms with Gasteiger partial charge >= 0.3 is 182 Å². The van der Waals surface area contributed by atoms with Crippen molar-refractivity contribution in [3.8, 4) is 0 Å². The molecule has 29 heavy (non-hydrogen) atoms. The molecule has 2 unspecified atom stereocenters. The molecule has 0 radical (unpaired) electrons. The molecule has 2 atom stereocenters. The molecule has 0 N–H and O–H groups in total. The van der Waals surface area contributed by atoms with Crippen LogP contribution < -0.4 is 0 Å². The second kappa shape index (κ2) is 13.9. The average Bonchev–Trinajstić information content (AvgIpc) is 2.73. The van der Waals surface area contributed by atoms with Crippen LogP contribution in [0.25, 0.3) is 0 Å². The monoisotopic (exact) mass is 510 g/mol. The molecule has 0 aliphatic heterocycles. The molecule has 0 amide bonds. The third kappa shape index (κ3) is 8.23. The Kier molecular flexibility index (Phi) is 12.4. The summed E-state index contributed by atoms with van der Waals surface area (Å²) in [5.41, 5.74) is 0.691. The summed E-state index contributed by atoms with van der Waals surface area (Å²) in [5, 5.41) is 0. The first-order valence-electron chi connectivity index (χ1n) is 11.2. The Morgan fingerprint density at radius 3 is 1.79 bits per heavy atom. The molecule has 0 saturated carbocycles. The van der Waals surface area contributed by atoms with E-state index >= 15 is 0 Å². The molecule has 0 saturated heterocycles. The fourth-order valence-electron chi connectivity index (χ4n) is 3.89. The van der Waals surface area contributed by atoms with E-state index in [4.69, 9.17) is 3.07 Å². The number of Topliss-reactive ketones (excluding diaryl/α,β-unsaturated/α-hetero) is 1. The predicted molar refractivity (Wildman–Crippen MR) is 120 cm³/mol. The maximum atomic E-state index is 13.3. The zero-order valence-corrected chi connectivity index (χ0v) is 21.5. The van der Waals surface area contributed by atoms with E-state index in [-0.39, 0.29) is 5.78 Å². The van der Waals surface area contributed by atoms with Crippen molar-refractivity contribution in [3.63, 3.8) is 0 Å². The fourth-order valence-corrected chi connectivity index (χ4v) is 17.0. The molecule has 0 aromatic heterocycles. The number of aldehydes is 1. The van der Waals surface area contributed by atoms with E-state index in [1.165, 1.54) is 6.92 Å². The van der Waals surface area contributed by atoms with Crippen LogP contribution in [-0.4, -0.2) is 36.8 Å². The van der Waals surface area contributed by atoms with Gasteiger partial charge in [0.25, 0.3) is 0 Å². The number of hydrogen-bond acceptors (Lipinski definition) is 4. The van der Waals surface area contributed by atoms with Gasteiger partial charge in [-0.25, -0.2) is 0 Å². The van der Waals surface area contributed by atoms with Gasteiger partial charge < -0.3 is 0 Å². The van der Waals surface area contributed by atoms with Crippen LogP contribution in [0, 0.1) is 5.92 Å². The summed E-state index contributed by atoms with van der Waals surface area (Å²) in [4.78, 5) is 37.7. The Bertz CT molecular complexity index is 607. The number of rotatable bonds is 15. The molecule has 0 heterocycles. The molecule has 0 bridgehead atoms. The van der Waals surface area contributed by atoms with Gasteiger partial charge in [-0.1, -0.05) is 0 Å². The molecule has 1 aromatic carbocycles. The van der Waals surface area contributed by atoms with E-state index in [9.17, 15) is 14.4 Å². The summed E-state index contributed by atoms with van der Waals surface area (Å²) < 4.78 is 9.40. The van der Waals surface area contributed by atoms with Crippen LogP contribution in [0.3, 0.4) is 0 Å². The van der Waals surface area contributed by atoms with E-state index in [1.807, 2.05) is 18.2 Å². The third-order valence-corrected chi connectivity index (χ3v) is 18.3. The van der Waals surface area contributed by atoms with Crippen molar-refractivity contribution in [2.75, 3.05) is 0 Å². The topological polar surface area (TPSA) is 60.4 Å². The first-order chi connectivity index (χ1) is 13.9. The van der Waals surface area contributed by atoms with Crippen molar-refractivity contribution < 1.29 is 17.5 Å². The van der Waals surface area contributed by atoms with Gasteiger partial charge in [0.2, 0.25) is 0 Å². The van der Waals surface area contributed by atoms with Crippen molar-refractivity contribution in [1.82, 2.24) is 0 Å². The van der Waals surface area contributed by atoms with Gasteiger partial charge in [0.15, 0.2) is 0 Å². The number of carbonyl (C=O) groups is 3. The van der Waals surface area contributed by atoms with Gasteiger partial charge in [0.05, 0.1) is 0 Å². The van der Waals surface area contributed by atoms with E-state index < -0.39 is 36.6 Å². The second-order valence-electron chi connectivity index (χ2n) is 8.08. The number of carbonyl (C=O) groups excluding carboxylic acids is 3. The van der Waals surface area contributed by atoms with Crippen LogP contribution in [0.15, 0.2) is 30.3 Å². The Balaban J connectivity index is 3.19. The van der Waals surface area contributed by atoms with Gasteiger partial charge in [-0.15, -0.1) is 0 Å². The zero-order chi connectivity index (χ0) is 21.7. The van der Waals surface area contributed by atoms with E-state index in [0.29, 0.717) is 5.56 Å². The molecular formula is C24H38O4Sn. The van der Waals surface area contributed by atoms with Crippen LogP contribution in [0.4, 0.5) is 0 Å². The quantitative estimate of drug-likeness (QED) is 0.164. The summed E-state index contributed by atoms with van der Waals surface area (Å²) in [6.45, 7) is 7.88. The molecule has 5 heteroatoms. The number of hydrogen-bond donors (Lipinski definition) is 0. The van der Waals surface area contributed by atoms with Crippen LogP contribution in [0.5, 0.6) is 0 Å². The number of ketones is 1. The molecule has 0 aliphatic carbocycles. The molecule has 1 rings (SSSR count). The average molecular weight is 509 g/mol. The van der Waals surface area contributed by atoms with Gasteiger partial charge in [0, 0.05) is 0 Å². The summed E-state index contributed by atoms with van der Waals surface area (Å²) >= 11 is -3.21. The molecular weight excluding hydrogens is 471 g/mol. The Labute approximate surface area is 181 Å². The van der Waals surface area contributed by atoms with Gasteiger partial charge in [-0.3, -0.25) is 0 Å². The van der Waals surface area contributed by atoms with Crippen molar-refractivity contribution in [2.24, 2.45) is 5.92 Å². The second-order valence-corrected chi connectivity index (χ2v) is 19.7. The zero-order valence-electron chi connectivity index (χ0n) is 18.6. The first kappa shape index (κ1) is 25.9. The van der Waals surface area contributed by atoms with Crippen molar-refractivity contribution in [2.45, 2.75) is 85.4 Å². The minimum absolute atomic E-state index is 0.294. The van der Waals surface area contributed by atoms with Gasteiger partial charge in [0.1, 0.15) is 0 Å². The molecule has 1 aromatic rings. The van der Waals surface area contributed by atoms with E-state index in [2.05, 4.69) is 20.8 Å². The predicted octanol–water partition coefficient (Wildman–Crippen LogP) is 6.06. The summed E-state index contributed by atoms with van der Waals surface area (Å²) in [6, 6.07) is 9.09. The molecule has 0 spiro atoms. The Morgan fingerprint density at radius 1 is 0.931 bits per heavy atom. The summed E-state index contributed by atoms with van der Waals surface area (Å²) in [5.74, 6) is -2.58.